The first kappa shape index (κ1) is 11.2. The lowest BCUT2D eigenvalue weighted by molar-refractivity contribution is 0.126. The van der Waals surface area contributed by atoms with Gasteiger partial charge in [-0.1, -0.05) is 0 Å². The van der Waals surface area contributed by atoms with E-state index in [-0.39, 0.29) is 6.10 Å². The maximum absolute atomic E-state index is 9.41. The van der Waals surface area contributed by atoms with Gasteiger partial charge in [-0.05, 0) is 44.2 Å². The number of aryl methyl sites for hydroxylation is 1. The van der Waals surface area contributed by atoms with E-state index in [2.05, 4.69) is 10.3 Å². The Morgan fingerprint density at radius 1 is 1.38 bits per heavy atom. The topological polar surface area (TPSA) is 71.2 Å². The Kier molecular flexibility index (Phi) is 3.29. The van der Waals surface area contributed by atoms with E-state index in [4.69, 9.17) is 5.73 Å². The largest absolute Gasteiger partial charge is 0.397 e. The number of nitrogens with two attached hydrogens (primary N) is 1. The molecule has 0 aromatic carbocycles. The van der Waals surface area contributed by atoms with Gasteiger partial charge >= 0.3 is 0 Å². The van der Waals surface area contributed by atoms with E-state index in [1.165, 1.54) is 0 Å². The van der Waals surface area contributed by atoms with Crippen LogP contribution in [0.1, 0.15) is 31.2 Å². The fourth-order valence-electron chi connectivity index (χ4n) is 2.07. The molecule has 16 heavy (non-hydrogen) atoms. The van der Waals surface area contributed by atoms with Gasteiger partial charge in [0.1, 0.15) is 5.82 Å². The highest BCUT2D eigenvalue weighted by Crippen LogP contribution is 2.22. The highest BCUT2D eigenvalue weighted by molar-refractivity contribution is 5.51. The van der Waals surface area contributed by atoms with Gasteiger partial charge in [-0.2, -0.15) is 0 Å². The summed E-state index contributed by atoms with van der Waals surface area (Å²) in [4.78, 5) is 4.25. The molecule has 0 bridgehead atoms. The van der Waals surface area contributed by atoms with E-state index in [0.29, 0.717) is 6.04 Å². The van der Waals surface area contributed by atoms with Crippen molar-refractivity contribution >= 4 is 11.5 Å². The summed E-state index contributed by atoms with van der Waals surface area (Å²) in [6.45, 7) is 1.98. The summed E-state index contributed by atoms with van der Waals surface area (Å²) in [5.41, 5.74) is 7.49. The summed E-state index contributed by atoms with van der Waals surface area (Å²) < 4.78 is 0. The van der Waals surface area contributed by atoms with E-state index in [9.17, 15) is 5.11 Å². The number of rotatable bonds is 2. The second kappa shape index (κ2) is 4.70. The molecule has 0 amide bonds. The number of hydrogen-bond acceptors (Lipinski definition) is 4. The van der Waals surface area contributed by atoms with Crippen LogP contribution in [-0.2, 0) is 0 Å². The molecule has 88 valence electrons. The average Bonchev–Trinajstić information content (AvgIpc) is 2.27. The van der Waals surface area contributed by atoms with Crippen LogP contribution < -0.4 is 11.1 Å². The molecule has 1 aromatic heterocycles. The van der Waals surface area contributed by atoms with Crippen molar-refractivity contribution in [1.29, 1.82) is 0 Å². The van der Waals surface area contributed by atoms with Crippen molar-refractivity contribution in [3.63, 3.8) is 0 Å². The summed E-state index contributed by atoms with van der Waals surface area (Å²) in [6.07, 6.45) is 5.35. The van der Waals surface area contributed by atoms with Crippen molar-refractivity contribution in [1.82, 2.24) is 4.98 Å². The predicted octanol–water partition coefficient (Wildman–Crippen LogP) is 1.69. The lowest BCUT2D eigenvalue weighted by Crippen LogP contribution is -2.28. The van der Waals surface area contributed by atoms with Gasteiger partial charge in [-0.15, -0.1) is 0 Å². The van der Waals surface area contributed by atoms with Crippen molar-refractivity contribution in [3.8, 4) is 0 Å². The molecule has 1 heterocycles. The molecule has 0 unspecified atom stereocenters. The first-order valence-corrected chi connectivity index (χ1v) is 5.82. The van der Waals surface area contributed by atoms with E-state index >= 15 is 0 Å². The lowest BCUT2D eigenvalue weighted by Gasteiger charge is -2.26. The fraction of sp³-hybridized carbons (Fsp3) is 0.583. The molecule has 1 aromatic rings. The van der Waals surface area contributed by atoms with E-state index in [0.717, 1.165) is 42.8 Å². The second-order valence-electron chi connectivity index (χ2n) is 4.58. The van der Waals surface area contributed by atoms with Crippen LogP contribution in [0.25, 0.3) is 0 Å². The van der Waals surface area contributed by atoms with Gasteiger partial charge in [0, 0.05) is 6.04 Å². The molecule has 0 saturated heterocycles. The zero-order valence-corrected chi connectivity index (χ0v) is 9.61. The molecule has 4 heteroatoms. The van der Waals surface area contributed by atoms with Gasteiger partial charge in [0.15, 0.2) is 0 Å². The third kappa shape index (κ3) is 2.64. The highest BCUT2D eigenvalue weighted by Gasteiger charge is 2.19. The minimum Gasteiger partial charge on any atom is -0.397 e. The van der Waals surface area contributed by atoms with Gasteiger partial charge in [0.05, 0.1) is 18.0 Å². The van der Waals surface area contributed by atoms with Crippen LogP contribution in [0.4, 0.5) is 11.5 Å². The number of anilines is 2. The molecular formula is C12H19N3O. The molecule has 1 aliphatic carbocycles. The van der Waals surface area contributed by atoms with Gasteiger partial charge < -0.3 is 16.2 Å². The number of aliphatic hydroxyl groups excluding tert-OH is 1. The summed E-state index contributed by atoms with van der Waals surface area (Å²) in [7, 11) is 0. The highest BCUT2D eigenvalue weighted by atomic mass is 16.3. The molecule has 4 nitrogen and oxygen atoms in total. The molecule has 1 fully saturated rings. The Morgan fingerprint density at radius 3 is 2.69 bits per heavy atom. The number of nitrogen functional groups attached to an aromatic ring is 1. The van der Waals surface area contributed by atoms with Gasteiger partial charge in [-0.3, -0.25) is 0 Å². The number of hydrogen-bond donors (Lipinski definition) is 3. The fourth-order valence-corrected chi connectivity index (χ4v) is 2.07. The summed E-state index contributed by atoms with van der Waals surface area (Å²) in [6, 6.07) is 2.40. The average molecular weight is 221 g/mol. The standard InChI is InChI=1S/C12H19N3O/c1-8-6-12(14-7-11(8)13)15-9-2-4-10(16)5-3-9/h6-7,9-10,16H,2-5,13H2,1H3,(H,14,15). The number of nitrogens with zero attached hydrogens (tertiary/aromatic N) is 1. The summed E-state index contributed by atoms with van der Waals surface area (Å²) in [5.74, 6) is 0.882. The Bertz CT molecular complexity index is 359. The van der Waals surface area contributed by atoms with Crippen LogP contribution in [-0.4, -0.2) is 22.2 Å². The minimum atomic E-state index is -0.112. The van der Waals surface area contributed by atoms with Crippen molar-refractivity contribution in [2.75, 3.05) is 11.1 Å². The smallest absolute Gasteiger partial charge is 0.126 e. The Balaban J connectivity index is 1.96. The molecular weight excluding hydrogens is 202 g/mol. The zero-order valence-electron chi connectivity index (χ0n) is 9.61. The first-order valence-electron chi connectivity index (χ1n) is 5.82. The second-order valence-corrected chi connectivity index (χ2v) is 4.58. The van der Waals surface area contributed by atoms with E-state index < -0.39 is 0 Å². The molecule has 0 aliphatic heterocycles. The van der Waals surface area contributed by atoms with Crippen LogP contribution in [0.3, 0.4) is 0 Å². The maximum atomic E-state index is 9.41. The van der Waals surface area contributed by atoms with Crippen molar-refractivity contribution in [2.45, 2.75) is 44.8 Å². The maximum Gasteiger partial charge on any atom is 0.126 e. The SMILES string of the molecule is Cc1cc(NC2CCC(O)CC2)ncc1N. The third-order valence-electron chi connectivity index (χ3n) is 3.20. The third-order valence-corrected chi connectivity index (χ3v) is 3.20. The van der Waals surface area contributed by atoms with Crippen LogP contribution in [0.15, 0.2) is 12.3 Å². The van der Waals surface area contributed by atoms with Crippen molar-refractivity contribution < 1.29 is 5.11 Å². The van der Waals surface area contributed by atoms with Crippen LogP contribution in [0.5, 0.6) is 0 Å². The van der Waals surface area contributed by atoms with E-state index in [1.54, 1.807) is 6.20 Å². The Hall–Kier alpha value is -1.29. The Labute approximate surface area is 95.9 Å². The predicted molar refractivity (Wildman–Crippen MR) is 65.3 cm³/mol. The summed E-state index contributed by atoms with van der Waals surface area (Å²) >= 11 is 0. The van der Waals surface area contributed by atoms with Gasteiger partial charge in [0.25, 0.3) is 0 Å². The number of aromatic nitrogens is 1. The van der Waals surface area contributed by atoms with Gasteiger partial charge in [0.2, 0.25) is 0 Å². The lowest BCUT2D eigenvalue weighted by atomic mass is 9.93. The molecule has 1 saturated carbocycles. The Morgan fingerprint density at radius 2 is 2.06 bits per heavy atom. The normalized spacial score (nSPS) is 25.4. The van der Waals surface area contributed by atoms with Crippen molar-refractivity contribution in [2.24, 2.45) is 0 Å². The van der Waals surface area contributed by atoms with Crippen molar-refractivity contribution in [3.05, 3.63) is 17.8 Å². The molecule has 1 aliphatic rings. The van der Waals surface area contributed by atoms with Gasteiger partial charge in [-0.25, -0.2) is 4.98 Å². The number of pyridine rings is 1. The zero-order chi connectivity index (χ0) is 11.5. The minimum absolute atomic E-state index is 0.112. The van der Waals surface area contributed by atoms with E-state index in [1.807, 2.05) is 13.0 Å². The van der Waals surface area contributed by atoms with Crippen LogP contribution >= 0.6 is 0 Å². The molecule has 2 rings (SSSR count). The number of nitrogens with one attached hydrogen (secondary N) is 1. The molecule has 0 atom stereocenters. The first-order chi connectivity index (χ1) is 7.65. The molecule has 4 N–H and O–H groups in total. The number of aliphatic hydroxyl groups is 1. The van der Waals surface area contributed by atoms with Crippen LogP contribution in [0, 0.1) is 6.92 Å². The molecule has 0 radical (unpaired) electrons. The molecule has 0 spiro atoms. The quantitative estimate of drug-likeness (QED) is 0.710. The monoisotopic (exact) mass is 221 g/mol. The van der Waals surface area contributed by atoms with Crippen LogP contribution in [0.2, 0.25) is 0 Å². The summed E-state index contributed by atoms with van der Waals surface area (Å²) in [5, 5.41) is 12.8.